The van der Waals surface area contributed by atoms with E-state index in [1.54, 1.807) is 0 Å². The first-order chi connectivity index (χ1) is 13.6. The summed E-state index contributed by atoms with van der Waals surface area (Å²) in [6.45, 7) is 4.77. The van der Waals surface area contributed by atoms with Crippen LogP contribution in [0, 0.1) is 5.82 Å². The Morgan fingerprint density at radius 1 is 1.25 bits per heavy atom. The molecule has 2 heterocycles. The molecule has 3 rings (SSSR count). The van der Waals surface area contributed by atoms with Crippen molar-refractivity contribution in [2.45, 2.75) is 64.5 Å². The van der Waals surface area contributed by atoms with Crippen molar-refractivity contribution in [1.29, 1.82) is 0 Å². The molecule has 7 heteroatoms. The van der Waals surface area contributed by atoms with Crippen molar-refractivity contribution in [3.8, 4) is 0 Å². The Kier molecular flexibility index (Phi) is 7.54. The Bertz CT molecular complexity index is 739. The van der Waals surface area contributed by atoms with Crippen molar-refractivity contribution in [2.75, 3.05) is 13.1 Å². The van der Waals surface area contributed by atoms with Gasteiger partial charge in [0.15, 0.2) is 5.82 Å². The summed E-state index contributed by atoms with van der Waals surface area (Å²) < 4.78 is 18.2. The second-order valence-electron chi connectivity index (χ2n) is 7.45. The minimum atomic E-state index is -0.203. The zero-order chi connectivity index (χ0) is 19.8. The number of aromatic nitrogens is 2. The number of rotatable bonds is 9. The number of piperidine rings is 1. The first kappa shape index (κ1) is 20.5. The van der Waals surface area contributed by atoms with E-state index in [-0.39, 0.29) is 17.8 Å². The first-order valence-electron chi connectivity index (χ1n) is 10.2. The predicted octanol–water partition coefficient (Wildman–Crippen LogP) is 3.26. The molecule has 0 saturated carbocycles. The Balaban J connectivity index is 1.31. The molecular formula is C21H29FN4O2. The molecule has 1 aromatic carbocycles. The molecule has 0 unspecified atom stereocenters. The van der Waals surface area contributed by atoms with Crippen molar-refractivity contribution in [1.82, 2.24) is 20.4 Å². The van der Waals surface area contributed by atoms with Crippen molar-refractivity contribution in [2.24, 2.45) is 0 Å². The molecule has 1 fully saturated rings. The number of carbonyl (C=O) groups excluding carboxylic acids is 1. The van der Waals surface area contributed by atoms with E-state index in [9.17, 15) is 9.18 Å². The maximum Gasteiger partial charge on any atom is 0.226 e. The number of nitrogens with zero attached hydrogens (tertiary/aromatic N) is 3. The molecule has 1 N–H and O–H groups in total. The van der Waals surface area contributed by atoms with Crippen molar-refractivity contribution < 1.29 is 13.7 Å². The number of amides is 1. The van der Waals surface area contributed by atoms with Gasteiger partial charge in [0, 0.05) is 44.9 Å². The molecule has 28 heavy (non-hydrogen) atoms. The molecule has 6 nitrogen and oxygen atoms in total. The highest BCUT2D eigenvalue weighted by Crippen LogP contribution is 2.15. The summed E-state index contributed by atoms with van der Waals surface area (Å²) >= 11 is 0. The number of nitrogens with one attached hydrogen (secondary N) is 1. The monoisotopic (exact) mass is 388 g/mol. The molecule has 1 aromatic heterocycles. The van der Waals surface area contributed by atoms with Gasteiger partial charge in [-0.3, -0.25) is 9.69 Å². The first-order valence-corrected chi connectivity index (χ1v) is 10.2. The van der Waals surface area contributed by atoms with Gasteiger partial charge in [0.1, 0.15) is 5.82 Å². The molecule has 0 radical (unpaired) electrons. The van der Waals surface area contributed by atoms with Crippen LogP contribution in [0.1, 0.15) is 56.3 Å². The number of hydrogen-bond donors (Lipinski definition) is 1. The second kappa shape index (κ2) is 10.3. The topological polar surface area (TPSA) is 71.3 Å². The van der Waals surface area contributed by atoms with E-state index in [1.165, 1.54) is 12.1 Å². The maximum atomic E-state index is 13.0. The van der Waals surface area contributed by atoms with E-state index in [4.69, 9.17) is 4.52 Å². The van der Waals surface area contributed by atoms with Crippen LogP contribution in [0.15, 0.2) is 28.8 Å². The largest absolute Gasteiger partial charge is 0.353 e. The lowest BCUT2D eigenvalue weighted by Gasteiger charge is -2.32. The zero-order valence-corrected chi connectivity index (χ0v) is 16.5. The fraction of sp³-hybridized carbons (Fsp3) is 0.571. The molecule has 1 aliphatic heterocycles. The molecule has 0 bridgehead atoms. The van der Waals surface area contributed by atoms with E-state index >= 15 is 0 Å². The summed E-state index contributed by atoms with van der Waals surface area (Å²) in [6, 6.07) is 6.90. The molecule has 2 aromatic rings. The molecule has 0 spiro atoms. The minimum Gasteiger partial charge on any atom is -0.353 e. The number of benzene rings is 1. The SMILES string of the molecule is CCCc1noc(CCCC(=O)NC2CCN(Cc3ccc(F)cc3)CC2)n1. The van der Waals surface area contributed by atoms with Crippen LogP contribution in [0.3, 0.4) is 0 Å². The van der Waals surface area contributed by atoms with Crippen LogP contribution in [0.4, 0.5) is 4.39 Å². The number of halogens is 1. The lowest BCUT2D eigenvalue weighted by Crippen LogP contribution is -2.44. The van der Waals surface area contributed by atoms with Gasteiger partial charge in [-0.1, -0.05) is 24.2 Å². The van der Waals surface area contributed by atoms with Crippen LogP contribution in [-0.2, 0) is 24.2 Å². The van der Waals surface area contributed by atoms with Crippen molar-refractivity contribution >= 4 is 5.91 Å². The van der Waals surface area contributed by atoms with Crippen LogP contribution in [0.2, 0.25) is 0 Å². The Labute approximate surface area is 165 Å². The summed E-state index contributed by atoms with van der Waals surface area (Å²) in [5.41, 5.74) is 1.12. The number of hydrogen-bond acceptors (Lipinski definition) is 5. The third-order valence-electron chi connectivity index (χ3n) is 5.05. The predicted molar refractivity (Wildman–Crippen MR) is 104 cm³/mol. The van der Waals surface area contributed by atoms with E-state index in [0.29, 0.717) is 25.2 Å². The van der Waals surface area contributed by atoms with E-state index < -0.39 is 0 Å². The summed E-state index contributed by atoms with van der Waals surface area (Å²) in [5, 5.41) is 7.07. The standard InChI is InChI=1S/C21H29FN4O2/c1-2-4-19-24-21(28-25-19)6-3-5-20(27)23-18-11-13-26(14-12-18)15-16-7-9-17(22)10-8-16/h7-10,18H,2-6,11-15H2,1H3,(H,23,27). The molecule has 0 atom stereocenters. The minimum absolute atomic E-state index is 0.0882. The maximum absolute atomic E-state index is 13.0. The Morgan fingerprint density at radius 3 is 2.71 bits per heavy atom. The van der Waals surface area contributed by atoms with Crippen LogP contribution in [0.5, 0.6) is 0 Å². The van der Waals surface area contributed by atoms with Gasteiger partial charge in [-0.15, -0.1) is 0 Å². The van der Waals surface area contributed by atoms with Gasteiger partial charge in [0.2, 0.25) is 11.8 Å². The lowest BCUT2D eigenvalue weighted by molar-refractivity contribution is -0.122. The summed E-state index contributed by atoms with van der Waals surface area (Å²) in [6.07, 6.45) is 5.52. The van der Waals surface area contributed by atoms with Gasteiger partial charge in [0.05, 0.1) is 0 Å². The van der Waals surface area contributed by atoms with Crippen molar-refractivity contribution in [3.05, 3.63) is 47.4 Å². The lowest BCUT2D eigenvalue weighted by atomic mass is 10.0. The van der Waals surface area contributed by atoms with Crippen LogP contribution in [0.25, 0.3) is 0 Å². The molecule has 1 aliphatic rings. The van der Waals surface area contributed by atoms with Gasteiger partial charge < -0.3 is 9.84 Å². The molecular weight excluding hydrogens is 359 g/mol. The highest BCUT2D eigenvalue weighted by Gasteiger charge is 2.20. The van der Waals surface area contributed by atoms with E-state index in [2.05, 4.69) is 27.3 Å². The van der Waals surface area contributed by atoms with Crippen molar-refractivity contribution in [3.63, 3.8) is 0 Å². The number of likely N-dealkylation sites (tertiary alicyclic amines) is 1. The average molecular weight is 388 g/mol. The van der Waals surface area contributed by atoms with E-state index in [0.717, 1.165) is 56.7 Å². The van der Waals surface area contributed by atoms with E-state index in [1.807, 2.05) is 12.1 Å². The highest BCUT2D eigenvalue weighted by atomic mass is 19.1. The Hall–Kier alpha value is -2.28. The number of carbonyl (C=O) groups is 1. The van der Waals surface area contributed by atoms with Gasteiger partial charge in [0.25, 0.3) is 0 Å². The summed E-state index contributed by atoms with van der Waals surface area (Å²) in [7, 11) is 0. The molecule has 0 aliphatic carbocycles. The second-order valence-corrected chi connectivity index (χ2v) is 7.45. The average Bonchev–Trinajstić information content (AvgIpc) is 3.13. The fourth-order valence-corrected chi connectivity index (χ4v) is 3.50. The van der Waals surface area contributed by atoms with Gasteiger partial charge in [-0.25, -0.2) is 4.39 Å². The molecule has 1 amide bonds. The molecule has 1 saturated heterocycles. The van der Waals surface area contributed by atoms with Crippen LogP contribution < -0.4 is 5.32 Å². The normalized spacial score (nSPS) is 15.6. The zero-order valence-electron chi connectivity index (χ0n) is 16.5. The number of aryl methyl sites for hydroxylation is 2. The van der Waals surface area contributed by atoms with Crippen LogP contribution in [-0.4, -0.2) is 40.1 Å². The Morgan fingerprint density at radius 2 is 2.00 bits per heavy atom. The third kappa shape index (κ3) is 6.41. The summed E-state index contributed by atoms with van der Waals surface area (Å²) in [5.74, 6) is 1.25. The van der Waals surface area contributed by atoms with Gasteiger partial charge in [-0.2, -0.15) is 4.98 Å². The molecule has 152 valence electrons. The third-order valence-corrected chi connectivity index (χ3v) is 5.05. The van der Waals surface area contributed by atoms with Gasteiger partial charge in [-0.05, 0) is 43.4 Å². The smallest absolute Gasteiger partial charge is 0.226 e. The summed E-state index contributed by atoms with van der Waals surface area (Å²) in [4.78, 5) is 18.9. The highest BCUT2D eigenvalue weighted by molar-refractivity contribution is 5.76. The fourth-order valence-electron chi connectivity index (χ4n) is 3.50. The van der Waals surface area contributed by atoms with Crippen LogP contribution >= 0.6 is 0 Å². The van der Waals surface area contributed by atoms with Gasteiger partial charge >= 0.3 is 0 Å². The quantitative estimate of drug-likeness (QED) is 0.714.